The van der Waals surface area contributed by atoms with Crippen molar-refractivity contribution < 1.29 is 27.9 Å². The minimum absolute atomic E-state index is 0.0251. The van der Waals surface area contributed by atoms with Gasteiger partial charge in [-0.2, -0.15) is 4.72 Å². The highest BCUT2D eigenvalue weighted by Crippen LogP contribution is 2.29. The zero-order chi connectivity index (χ0) is 26.5. The molecule has 1 aliphatic carbocycles. The summed E-state index contributed by atoms with van der Waals surface area (Å²) in [7, 11) is -3.85. The fourth-order valence-electron chi connectivity index (χ4n) is 4.99. The number of carboxylic acid groups (broad SMARTS) is 1. The number of benzene rings is 1. The number of aryl methyl sites for hydroxylation is 1. The van der Waals surface area contributed by atoms with Gasteiger partial charge >= 0.3 is 5.97 Å². The lowest BCUT2D eigenvalue weighted by Gasteiger charge is -2.35. The standard InChI is InChI=1S/C26H39N3O6S/c1-17(2)23(28-36(34,35)22-10-4-18(3)5-11-22)25(31)29-14-12-20(13-15-29)24(30)27-16-19-6-8-21(9-7-19)26(32)33/h4-5,10-11,17,19-21,23,28H,6-9,12-16H2,1-3H3,(H,27,30)(H,32,33). The molecule has 0 radical (unpaired) electrons. The second-order valence-electron chi connectivity index (χ2n) is 10.6. The number of nitrogens with zero attached hydrogens (tertiary/aromatic N) is 1. The lowest BCUT2D eigenvalue weighted by Crippen LogP contribution is -2.53. The second kappa shape index (κ2) is 12.2. The number of carbonyl (C=O) groups is 3. The topological polar surface area (TPSA) is 133 Å². The maximum Gasteiger partial charge on any atom is 0.306 e. The van der Waals surface area contributed by atoms with Crippen LogP contribution in [0.3, 0.4) is 0 Å². The van der Waals surface area contributed by atoms with E-state index in [0.717, 1.165) is 18.4 Å². The van der Waals surface area contributed by atoms with E-state index in [1.54, 1.807) is 17.0 Å². The van der Waals surface area contributed by atoms with E-state index in [-0.39, 0.29) is 34.5 Å². The Bertz CT molecular complexity index is 1020. The van der Waals surface area contributed by atoms with Gasteiger partial charge in [-0.15, -0.1) is 0 Å². The molecule has 2 aliphatic rings. The lowest BCUT2D eigenvalue weighted by molar-refractivity contribution is -0.143. The van der Waals surface area contributed by atoms with Crippen molar-refractivity contribution in [3.8, 4) is 0 Å². The Labute approximate surface area is 214 Å². The third-order valence-corrected chi connectivity index (χ3v) is 8.94. The Hall–Kier alpha value is -2.46. The molecule has 0 aromatic heterocycles. The number of aliphatic carboxylic acids is 1. The minimum atomic E-state index is -3.85. The number of nitrogens with one attached hydrogen (secondary N) is 2. The van der Waals surface area contributed by atoms with E-state index in [4.69, 9.17) is 5.11 Å². The molecule has 1 saturated heterocycles. The smallest absolute Gasteiger partial charge is 0.306 e. The maximum absolute atomic E-state index is 13.2. The van der Waals surface area contributed by atoms with Gasteiger partial charge in [-0.05, 0) is 69.4 Å². The van der Waals surface area contributed by atoms with Crippen molar-refractivity contribution in [3.63, 3.8) is 0 Å². The van der Waals surface area contributed by atoms with Crippen LogP contribution >= 0.6 is 0 Å². The lowest BCUT2D eigenvalue weighted by atomic mass is 9.82. The molecule has 10 heteroatoms. The van der Waals surface area contributed by atoms with Crippen molar-refractivity contribution in [1.29, 1.82) is 0 Å². The van der Waals surface area contributed by atoms with Crippen molar-refractivity contribution >= 4 is 27.8 Å². The molecule has 1 atom stereocenters. The molecule has 1 unspecified atom stereocenters. The van der Waals surface area contributed by atoms with E-state index in [0.29, 0.717) is 51.2 Å². The molecule has 1 aliphatic heterocycles. The summed E-state index contributed by atoms with van der Waals surface area (Å²) in [6.07, 6.45) is 3.97. The number of piperidine rings is 1. The van der Waals surface area contributed by atoms with Crippen LogP contribution in [-0.4, -0.2) is 61.9 Å². The summed E-state index contributed by atoms with van der Waals surface area (Å²) < 4.78 is 28.3. The van der Waals surface area contributed by atoms with Gasteiger partial charge in [-0.1, -0.05) is 31.5 Å². The molecule has 0 spiro atoms. The first kappa shape index (κ1) is 28.1. The number of rotatable bonds is 9. The van der Waals surface area contributed by atoms with Gasteiger partial charge in [0, 0.05) is 25.6 Å². The number of sulfonamides is 1. The molecule has 3 rings (SSSR count). The number of hydrogen-bond acceptors (Lipinski definition) is 5. The van der Waals surface area contributed by atoms with E-state index < -0.39 is 22.0 Å². The minimum Gasteiger partial charge on any atom is -0.481 e. The molecule has 2 amide bonds. The summed E-state index contributed by atoms with van der Waals surface area (Å²) in [5, 5.41) is 12.1. The van der Waals surface area contributed by atoms with E-state index in [2.05, 4.69) is 10.0 Å². The van der Waals surface area contributed by atoms with Gasteiger partial charge in [0.2, 0.25) is 21.8 Å². The predicted molar refractivity (Wildman–Crippen MR) is 136 cm³/mol. The number of carboxylic acids is 1. The third kappa shape index (κ3) is 7.29. The van der Waals surface area contributed by atoms with Gasteiger partial charge in [0.15, 0.2) is 0 Å². The quantitative estimate of drug-likeness (QED) is 0.457. The highest BCUT2D eigenvalue weighted by molar-refractivity contribution is 7.89. The van der Waals surface area contributed by atoms with Gasteiger partial charge in [0.05, 0.1) is 10.8 Å². The van der Waals surface area contributed by atoms with Gasteiger partial charge < -0.3 is 15.3 Å². The Morgan fingerprint density at radius 3 is 2.08 bits per heavy atom. The van der Waals surface area contributed by atoms with Gasteiger partial charge in [-0.25, -0.2) is 8.42 Å². The van der Waals surface area contributed by atoms with E-state index in [1.165, 1.54) is 12.1 Å². The number of amides is 2. The second-order valence-corrected chi connectivity index (χ2v) is 12.3. The van der Waals surface area contributed by atoms with Crippen LogP contribution in [0.2, 0.25) is 0 Å². The first-order valence-corrected chi connectivity index (χ1v) is 14.3. The molecular weight excluding hydrogens is 482 g/mol. The summed E-state index contributed by atoms with van der Waals surface area (Å²) in [5.41, 5.74) is 0.947. The molecule has 3 N–H and O–H groups in total. The van der Waals surface area contributed by atoms with Crippen molar-refractivity contribution in [3.05, 3.63) is 29.8 Å². The molecule has 9 nitrogen and oxygen atoms in total. The summed E-state index contributed by atoms with van der Waals surface area (Å²) in [4.78, 5) is 38.8. The first-order chi connectivity index (χ1) is 17.0. The molecule has 1 aromatic rings. The first-order valence-electron chi connectivity index (χ1n) is 12.9. The molecule has 1 aromatic carbocycles. The summed E-state index contributed by atoms with van der Waals surface area (Å²) >= 11 is 0. The normalized spacial score (nSPS) is 22.3. The van der Waals surface area contributed by atoms with Crippen LogP contribution in [0.1, 0.15) is 57.9 Å². The molecular formula is C26H39N3O6S. The Morgan fingerprint density at radius 2 is 1.56 bits per heavy atom. The summed E-state index contributed by atoms with van der Waals surface area (Å²) in [6.45, 7) is 6.85. The molecule has 1 saturated carbocycles. The van der Waals surface area contributed by atoms with Crippen LogP contribution in [0, 0.1) is 30.6 Å². The van der Waals surface area contributed by atoms with Crippen molar-refractivity contribution in [1.82, 2.24) is 14.9 Å². The highest BCUT2D eigenvalue weighted by Gasteiger charge is 2.35. The van der Waals surface area contributed by atoms with Crippen LogP contribution < -0.4 is 10.0 Å². The summed E-state index contributed by atoms with van der Waals surface area (Å²) in [5.74, 6) is -1.42. The van der Waals surface area contributed by atoms with Gasteiger partial charge in [0.1, 0.15) is 6.04 Å². The summed E-state index contributed by atoms with van der Waals surface area (Å²) in [6, 6.07) is 5.61. The fraction of sp³-hybridized carbons (Fsp3) is 0.654. The predicted octanol–water partition coefficient (Wildman–Crippen LogP) is 2.54. The largest absolute Gasteiger partial charge is 0.481 e. The van der Waals surface area contributed by atoms with Gasteiger partial charge in [0.25, 0.3) is 0 Å². The number of carbonyl (C=O) groups excluding carboxylic acids is 2. The monoisotopic (exact) mass is 521 g/mol. The zero-order valence-electron chi connectivity index (χ0n) is 21.4. The molecule has 2 fully saturated rings. The van der Waals surface area contributed by atoms with E-state index in [9.17, 15) is 22.8 Å². The highest BCUT2D eigenvalue weighted by atomic mass is 32.2. The van der Waals surface area contributed by atoms with Crippen LogP contribution in [0.25, 0.3) is 0 Å². The van der Waals surface area contributed by atoms with Gasteiger partial charge in [-0.3, -0.25) is 14.4 Å². The van der Waals surface area contributed by atoms with E-state index >= 15 is 0 Å². The van der Waals surface area contributed by atoms with Crippen LogP contribution in [0.5, 0.6) is 0 Å². The van der Waals surface area contributed by atoms with E-state index in [1.807, 2.05) is 20.8 Å². The van der Waals surface area contributed by atoms with Crippen molar-refractivity contribution in [2.75, 3.05) is 19.6 Å². The zero-order valence-corrected chi connectivity index (χ0v) is 22.2. The maximum atomic E-state index is 13.2. The Balaban J connectivity index is 1.49. The fourth-order valence-corrected chi connectivity index (χ4v) is 6.32. The van der Waals surface area contributed by atoms with Crippen LogP contribution in [-0.2, 0) is 24.4 Å². The SMILES string of the molecule is Cc1ccc(S(=O)(=O)NC(C(=O)N2CCC(C(=O)NCC3CCC(C(=O)O)CC3)CC2)C(C)C)cc1. The van der Waals surface area contributed by atoms with Crippen molar-refractivity contribution in [2.45, 2.75) is 70.2 Å². The Morgan fingerprint density at radius 1 is 0.972 bits per heavy atom. The third-order valence-electron chi connectivity index (χ3n) is 7.48. The number of hydrogen-bond donors (Lipinski definition) is 3. The van der Waals surface area contributed by atoms with Crippen molar-refractivity contribution in [2.24, 2.45) is 23.7 Å². The number of likely N-dealkylation sites (tertiary alicyclic amines) is 1. The average molecular weight is 522 g/mol. The van der Waals surface area contributed by atoms with Crippen LogP contribution in [0.15, 0.2) is 29.2 Å². The molecule has 0 bridgehead atoms. The molecule has 1 heterocycles. The average Bonchev–Trinajstić information content (AvgIpc) is 2.86. The molecule has 200 valence electrons. The Kier molecular flexibility index (Phi) is 9.52. The van der Waals surface area contributed by atoms with Crippen LogP contribution in [0.4, 0.5) is 0 Å². The molecule has 36 heavy (non-hydrogen) atoms.